The molecule has 0 radical (unpaired) electrons. The first kappa shape index (κ1) is 19.1. The number of nitrogens with zero attached hydrogens (tertiary/aromatic N) is 3. The monoisotopic (exact) mass is 411 g/mol. The molecule has 4 rings (SSSR count). The lowest BCUT2D eigenvalue weighted by molar-refractivity contribution is -0.116. The molecule has 1 amide bonds. The first-order valence-corrected chi connectivity index (χ1v) is 11.1. The van der Waals surface area contributed by atoms with Crippen LogP contribution in [0.25, 0.3) is 0 Å². The number of thioether (sulfide) groups is 2. The van der Waals surface area contributed by atoms with E-state index in [1.54, 1.807) is 0 Å². The minimum atomic E-state index is 0.0648. The number of carbonyl (C=O) groups excluding carboxylic acids is 1. The van der Waals surface area contributed by atoms with E-state index in [9.17, 15) is 4.79 Å². The highest BCUT2D eigenvalue weighted by molar-refractivity contribution is 8.00. The van der Waals surface area contributed by atoms with Gasteiger partial charge < -0.3 is 9.32 Å². The number of benzene rings is 2. The van der Waals surface area contributed by atoms with Crippen LogP contribution in [0.3, 0.4) is 0 Å². The number of aromatic nitrogens is 2. The van der Waals surface area contributed by atoms with Gasteiger partial charge in [0.05, 0.1) is 17.9 Å². The van der Waals surface area contributed by atoms with Crippen LogP contribution in [0.2, 0.25) is 0 Å². The molecule has 0 fully saturated rings. The molecule has 2 heterocycles. The summed E-state index contributed by atoms with van der Waals surface area (Å²) in [6, 6.07) is 18.1. The highest BCUT2D eigenvalue weighted by Crippen LogP contribution is 2.37. The third kappa shape index (κ3) is 4.59. The van der Waals surface area contributed by atoms with Crippen molar-refractivity contribution in [3.63, 3.8) is 0 Å². The van der Waals surface area contributed by atoms with Gasteiger partial charge in [0.15, 0.2) is 0 Å². The molecule has 1 aliphatic rings. The van der Waals surface area contributed by atoms with Gasteiger partial charge in [0.2, 0.25) is 11.8 Å². The summed E-state index contributed by atoms with van der Waals surface area (Å²) >= 11 is 3.13. The van der Waals surface area contributed by atoms with Gasteiger partial charge in [-0.05, 0) is 24.1 Å². The van der Waals surface area contributed by atoms with Gasteiger partial charge in [-0.15, -0.1) is 22.0 Å². The largest absolute Gasteiger partial charge is 0.416 e. The molecule has 0 saturated heterocycles. The van der Waals surface area contributed by atoms with Crippen molar-refractivity contribution >= 4 is 35.1 Å². The smallest absolute Gasteiger partial charge is 0.277 e. The average molecular weight is 412 g/mol. The zero-order chi connectivity index (χ0) is 19.3. The maximum atomic E-state index is 12.9. The maximum Gasteiger partial charge on any atom is 0.277 e. The first-order chi connectivity index (χ1) is 13.7. The maximum absolute atomic E-state index is 12.9. The van der Waals surface area contributed by atoms with E-state index in [-0.39, 0.29) is 11.7 Å². The number of fused-ring (bicyclic) bond motifs is 1. The molecule has 7 heteroatoms. The number of anilines is 1. The molecule has 1 aromatic heterocycles. The number of hydrogen-bond acceptors (Lipinski definition) is 6. The van der Waals surface area contributed by atoms with E-state index < -0.39 is 0 Å². The van der Waals surface area contributed by atoms with Gasteiger partial charge in [-0.2, -0.15) is 0 Å². The predicted molar refractivity (Wildman–Crippen MR) is 113 cm³/mol. The van der Waals surface area contributed by atoms with Crippen molar-refractivity contribution in [2.24, 2.45) is 0 Å². The van der Waals surface area contributed by atoms with Crippen LogP contribution in [0.5, 0.6) is 0 Å². The zero-order valence-electron chi connectivity index (χ0n) is 15.6. The Balaban J connectivity index is 1.39. The van der Waals surface area contributed by atoms with Crippen LogP contribution in [0.4, 0.5) is 5.69 Å². The summed E-state index contributed by atoms with van der Waals surface area (Å²) in [5, 5.41) is 9.10. The third-order valence-corrected chi connectivity index (χ3v) is 6.55. The molecule has 2 aromatic carbocycles. The fraction of sp³-hybridized carbons (Fsp3) is 0.286. The summed E-state index contributed by atoms with van der Waals surface area (Å²) in [7, 11) is 0. The minimum Gasteiger partial charge on any atom is -0.416 e. The highest BCUT2D eigenvalue weighted by atomic mass is 32.2. The third-order valence-electron chi connectivity index (χ3n) is 4.51. The molecular formula is C21H21N3O2S2. The summed E-state index contributed by atoms with van der Waals surface area (Å²) in [6.07, 6.45) is 1.56. The molecule has 0 aliphatic carbocycles. The molecule has 0 unspecified atom stereocenters. The number of carbonyl (C=O) groups is 1. The van der Waals surface area contributed by atoms with Crippen LogP contribution >= 0.6 is 23.5 Å². The fourth-order valence-corrected chi connectivity index (χ4v) is 4.86. The molecule has 0 bridgehead atoms. The van der Waals surface area contributed by atoms with Crippen molar-refractivity contribution in [3.05, 3.63) is 66.1 Å². The van der Waals surface area contributed by atoms with Gasteiger partial charge in [0, 0.05) is 16.7 Å². The Morgan fingerprint density at radius 1 is 1.18 bits per heavy atom. The topological polar surface area (TPSA) is 59.2 Å². The summed E-state index contributed by atoms with van der Waals surface area (Å²) in [5.74, 6) is 0.904. The van der Waals surface area contributed by atoms with Crippen LogP contribution < -0.4 is 4.90 Å². The quantitative estimate of drug-likeness (QED) is 0.569. The summed E-state index contributed by atoms with van der Waals surface area (Å²) in [6.45, 7) is 2.94. The van der Waals surface area contributed by atoms with E-state index >= 15 is 0 Å². The standard InChI is InChI=1S/C21H21N3O2S2/c1-15-11-12-24(17-9-5-6-10-18(17)28-15)20(25)14-27-21-23-22-19(26-21)13-16-7-3-2-4-8-16/h2-10,15H,11-14H2,1H3/t15-/m1/s1. The van der Waals surface area contributed by atoms with E-state index in [1.165, 1.54) is 11.8 Å². The Bertz CT molecular complexity index is 946. The lowest BCUT2D eigenvalue weighted by Crippen LogP contribution is -2.33. The molecule has 0 saturated carbocycles. The van der Waals surface area contributed by atoms with E-state index in [4.69, 9.17) is 4.42 Å². The number of amides is 1. The molecular weight excluding hydrogens is 390 g/mol. The molecule has 0 N–H and O–H groups in total. The van der Waals surface area contributed by atoms with E-state index in [1.807, 2.05) is 65.2 Å². The van der Waals surface area contributed by atoms with Gasteiger partial charge in [0.1, 0.15) is 0 Å². The van der Waals surface area contributed by atoms with Crippen molar-refractivity contribution in [1.29, 1.82) is 0 Å². The average Bonchev–Trinajstić information content (AvgIpc) is 3.08. The number of rotatable bonds is 5. The lowest BCUT2D eigenvalue weighted by Gasteiger charge is -2.22. The molecule has 28 heavy (non-hydrogen) atoms. The van der Waals surface area contributed by atoms with Crippen molar-refractivity contribution < 1.29 is 9.21 Å². The van der Waals surface area contributed by atoms with Gasteiger partial charge >= 0.3 is 0 Å². The summed E-state index contributed by atoms with van der Waals surface area (Å²) in [4.78, 5) is 15.9. The van der Waals surface area contributed by atoms with Crippen LogP contribution in [0.1, 0.15) is 24.8 Å². The van der Waals surface area contributed by atoms with Crippen LogP contribution in [-0.2, 0) is 11.2 Å². The van der Waals surface area contributed by atoms with Crippen LogP contribution in [-0.4, -0.2) is 33.7 Å². The summed E-state index contributed by atoms with van der Waals surface area (Å²) in [5.41, 5.74) is 2.12. The van der Waals surface area contributed by atoms with Gasteiger partial charge in [-0.1, -0.05) is 61.2 Å². The Morgan fingerprint density at radius 2 is 1.96 bits per heavy atom. The molecule has 1 aliphatic heterocycles. The molecule has 1 atom stereocenters. The second kappa shape index (κ2) is 8.84. The Kier molecular flexibility index (Phi) is 6.02. The van der Waals surface area contributed by atoms with Crippen molar-refractivity contribution in [2.45, 2.75) is 35.1 Å². The Morgan fingerprint density at radius 3 is 2.82 bits per heavy atom. The molecule has 0 spiro atoms. The second-order valence-electron chi connectivity index (χ2n) is 6.64. The minimum absolute atomic E-state index is 0.0648. The Labute approximate surface area is 172 Å². The molecule has 3 aromatic rings. The van der Waals surface area contributed by atoms with E-state index in [2.05, 4.69) is 23.2 Å². The molecule has 144 valence electrons. The second-order valence-corrected chi connectivity index (χ2v) is 9.05. The zero-order valence-corrected chi connectivity index (χ0v) is 17.2. The van der Waals surface area contributed by atoms with Gasteiger partial charge in [0.25, 0.3) is 5.22 Å². The SMILES string of the molecule is C[C@@H]1CCN(C(=O)CSc2nnc(Cc3ccccc3)o2)c2ccccc2S1. The molecule has 5 nitrogen and oxygen atoms in total. The number of hydrogen-bond donors (Lipinski definition) is 0. The van der Waals surface area contributed by atoms with Crippen LogP contribution in [0.15, 0.2) is 69.1 Å². The summed E-state index contributed by atoms with van der Waals surface area (Å²) < 4.78 is 5.70. The van der Waals surface area contributed by atoms with E-state index in [0.29, 0.717) is 22.8 Å². The van der Waals surface area contributed by atoms with Crippen LogP contribution in [0, 0.1) is 0 Å². The van der Waals surface area contributed by atoms with Crippen molar-refractivity contribution in [2.75, 3.05) is 17.2 Å². The van der Waals surface area contributed by atoms with E-state index in [0.717, 1.165) is 29.1 Å². The normalized spacial score (nSPS) is 16.5. The first-order valence-electron chi connectivity index (χ1n) is 9.24. The van der Waals surface area contributed by atoms with Gasteiger partial charge in [-0.25, -0.2) is 0 Å². The fourth-order valence-electron chi connectivity index (χ4n) is 3.09. The van der Waals surface area contributed by atoms with Crippen molar-refractivity contribution in [3.8, 4) is 0 Å². The predicted octanol–water partition coefficient (Wildman–Crippen LogP) is 4.67. The Hall–Kier alpha value is -2.25. The highest BCUT2D eigenvalue weighted by Gasteiger charge is 2.24. The van der Waals surface area contributed by atoms with Gasteiger partial charge in [-0.3, -0.25) is 4.79 Å². The lowest BCUT2D eigenvalue weighted by atomic mass is 10.2. The number of para-hydroxylation sites is 1. The van der Waals surface area contributed by atoms with Crippen molar-refractivity contribution in [1.82, 2.24) is 10.2 Å².